The Morgan fingerprint density at radius 2 is 1.60 bits per heavy atom. The molecular formula is C25H33N3O6S. The van der Waals surface area contributed by atoms with Crippen LogP contribution < -0.4 is 10.6 Å². The molecule has 35 heavy (non-hydrogen) atoms. The zero-order valence-corrected chi connectivity index (χ0v) is 21.1. The van der Waals surface area contributed by atoms with E-state index < -0.39 is 10.0 Å². The van der Waals surface area contributed by atoms with Crippen molar-refractivity contribution in [3.05, 3.63) is 54.1 Å². The number of nitrogens with one attached hydrogen (secondary N) is 2. The topological polar surface area (TPSA) is 114 Å². The molecule has 2 aromatic rings. The van der Waals surface area contributed by atoms with Crippen LogP contribution in [0.1, 0.15) is 44.0 Å². The summed E-state index contributed by atoms with van der Waals surface area (Å²) in [4.78, 5) is 24.4. The van der Waals surface area contributed by atoms with E-state index in [1.807, 2.05) is 20.8 Å². The second-order valence-electron chi connectivity index (χ2n) is 8.57. The van der Waals surface area contributed by atoms with E-state index in [-0.39, 0.29) is 35.5 Å². The monoisotopic (exact) mass is 503 g/mol. The van der Waals surface area contributed by atoms with Gasteiger partial charge in [-0.05, 0) is 68.8 Å². The summed E-state index contributed by atoms with van der Waals surface area (Å²) in [6.07, 6.45) is 1.44. The molecule has 190 valence electrons. The van der Waals surface area contributed by atoms with Gasteiger partial charge in [-0.25, -0.2) is 13.2 Å². The Labute approximate surface area is 206 Å². The summed E-state index contributed by atoms with van der Waals surface area (Å²) in [5.74, 6) is -0.662. The van der Waals surface area contributed by atoms with Crippen molar-refractivity contribution in [3.63, 3.8) is 0 Å². The van der Waals surface area contributed by atoms with Gasteiger partial charge in [0.2, 0.25) is 15.9 Å². The second-order valence-corrected chi connectivity index (χ2v) is 10.5. The summed E-state index contributed by atoms with van der Waals surface area (Å²) in [6, 6.07) is 12.8. The average Bonchev–Trinajstić information content (AvgIpc) is 2.83. The van der Waals surface area contributed by atoms with E-state index in [2.05, 4.69) is 10.6 Å². The molecule has 1 aliphatic heterocycles. The second kappa shape index (κ2) is 12.1. The minimum absolute atomic E-state index is 0.00387. The van der Waals surface area contributed by atoms with Crippen LogP contribution in [0.2, 0.25) is 0 Å². The first-order valence-electron chi connectivity index (χ1n) is 11.8. The molecule has 1 heterocycles. The number of hydrogen-bond acceptors (Lipinski definition) is 7. The fourth-order valence-electron chi connectivity index (χ4n) is 3.69. The minimum Gasteiger partial charge on any atom is -0.462 e. The van der Waals surface area contributed by atoms with Gasteiger partial charge in [-0.15, -0.1) is 0 Å². The van der Waals surface area contributed by atoms with E-state index in [0.29, 0.717) is 36.6 Å². The Balaban J connectivity index is 1.50. The van der Waals surface area contributed by atoms with Crippen molar-refractivity contribution < 1.29 is 27.5 Å². The maximum Gasteiger partial charge on any atom is 0.338 e. The number of sulfonamides is 1. The quantitative estimate of drug-likeness (QED) is 0.377. The van der Waals surface area contributed by atoms with E-state index >= 15 is 0 Å². The van der Waals surface area contributed by atoms with Crippen LogP contribution in [0.5, 0.6) is 0 Å². The number of carbonyl (C=O) groups excluding carboxylic acids is 2. The summed E-state index contributed by atoms with van der Waals surface area (Å²) >= 11 is 0. The summed E-state index contributed by atoms with van der Waals surface area (Å²) in [5.41, 5.74) is 1.62. The molecule has 0 radical (unpaired) electrons. The largest absolute Gasteiger partial charge is 0.462 e. The van der Waals surface area contributed by atoms with Crippen molar-refractivity contribution in [2.24, 2.45) is 0 Å². The van der Waals surface area contributed by atoms with Gasteiger partial charge >= 0.3 is 5.97 Å². The van der Waals surface area contributed by atoms with Crippen LogP contribution >= 0.6 is 0 Å². The van der Waals surface area contributed by atoms with Crippen LogP contribution in [-0.4, -0.2) is 63.0 Å². The Kier molecular flexibility index (Phi) is 9.25. The fourth-order valence-corrected chi connectivity index (χ4v) is 5.28. The molecule has 1 amide bonds. The van der Waals surface area contributed by atoms with Gasteiger partial charge in [-0.3, -0.25) is 4.79 Å². The van der Waals surface area contributed by atoms with E-state index in [4.69, 9.17) is 9.47 Å². The molecule has 9 nitrogen and oxygen atoms in total. The predicted octanol–water partition coefficient (Wildman–Crippen LogP) is 3.49. The number of hydrogen-bond donors (Lipinski definition) is 2. The summed E-state index contributed by atoms with van der Waals surface area (Å²) in [6.45, 7) is 6.73. The highest BCUT2D eigenvalue weighted by molar-refractivity contribution is 7.89. The number of nitrogens with zero attached hydrogens (tertiary/aromatic N) is 1. The molecule has 0 bridgehead atoms. The smallest absolute Gasteiger partial charge is 0.338 e. The Bertz CT molecular complexity index is 1090. The lowest BCUT2D eigenvalue weighted by molar-refractivity contribution is -0.114. The zero-order valence-electron chi connectivity index (χ0n) is 20.3. The van der Waals surface area contributed by atoms with E-state index in [9.17, 15) is 18.0 Å². The van der Waals surface area contributed by atoms with Crippen molar-refractivity contribution in [2.75, 3.05) is 36.9 Å². The van der Waals surface area contributed by atoms with Gasteiger partial charge < -0.3 is 20.1 Å². The molecular weight excluding hydrogens is 470 g/mol. The maximum atomic E-state index is 12.9. The molecule has 1 fully saturated rings. The Morgan fingerprint density at radius 3 is 2.20 bits per heavy atom. The normalized spacial score (nSPS) is 18.6. The van der Waals surface area contributed by atoms with Crippen LogP contribution in [0.3, 0.4) is 0 Å². The van der Waals surface area contributed by atoms with Crippen LogP contribution in [0, 0.1) is 0 Å². The van der Waals surface area contributed by atoms with E-state index in [1.54, 1.807) is 36.4 Å². The van der Waals surface area contributed by atoms with Gasteiger partial charge in [-0.2, -0.15) is 4.31 Å². The Morgan fingerprint density at radius 1 is 1.00 bits per heavy atom. The number of morpholine rings is 1. The molecule has 0 aliphatic carbocycles. The maximum absolute atomic E-state index is 12.9. The molecule has 0 spiro atoms. The van der Waals surface area contributed by atoms with Gasteiger partial charge in [0.15, 0.2) is 0 Å². The molecule has 2 atom stereocenters. The zero-order chi connectivity index (χ0) is 25.4. The SMILES string of the molecule is CCCCOC(=O)c1ccc(NCC(=O)Nc2ccc(S(=O)(=O)N3C[C@@H](C)O[C@@H](C)C3)cc2)cc1. The lowest BCUT2D eigenvalue weighted by Gasteiger charge is -2.34. The molecule has 0 aromatic heterocycles. The first-order valence-corrected chi connectivity index (χ1v) is 13.2. The van der Waals surface area contributed by atoms with Crippen molar-refractivity contribution in [1.29, 1.82) is 0 Å². The lowest BCUT2D eigenvalue weighted by atomic mass is 10.2. The summed E-state index contributed by atoms with van der Waals surface area (Å²) in [7, 11) is -3.64. The highest BCUT2D eigenvalue weighted by atomic mass is 32.2. The number of amides is 1. The number of benzene rings is 2. The van der Waals surface area contributed by atoms with Crippen molar-refractivity contribution in [2.45, 2.75) is 50.7 Å². The highest BCUT2D eigenvalue weighted by Gasteiger charge is 2.32. The van der Waals surface area contributed by atoms with Crippen molar-refractivity contribution in [1.82, 2.24) is 4.31 Å². The molecule has 0 saturated carbocycles. The average molecular weight is 504 g/mol. The number of ether oxygens (including phenoxy) is 2. The Hall–Kier alpha value is -2.95. The summed E-state index contributed by atoms with van der Waals surface area (Å²) < 4.78 is 38.1. The first kappa shape index (κ1) is 26.7. The number of esters is 1. The molecule has 1 aliphatic rings. The third-order valence-corrected chi connectivity index (χ3v) is 7.31. The van der Waals surface area contributed by atoms with Crippen molar-refractivity contribution >= 4 is 33.3 Å². The third kappa shape index (κ3) is 7.51. The molecule has 2 aromatic carbocycles. The van der Waals surface area contributed by atoms with Crippen LogP contribution in [0.4, 0.5) is 11.4 Å². The molecule has 10 heteroatoms. The highest BCUT2D eigenvalue weighted by Crippen LogP contribution is 2.22. The summed E-state index contributed by atoms with van der Waals surface area (Å²) in [5, 5.41) is 5.73. The van der Waals surface area contributed by atoms with Crippen LogP contribution in [0.25, 0.3) is 0 Å². The van der Waals surface area contributed by atoms with E-state index in [1.165, 1.54) is 16.4 Å². The molecule has 3 rings (SSSR count). The number of carbonyl (C=O) groups is 2. The van der Waals surface area contributed by atoms with Gasteiger partial charge in [-0.1, -0.05) is 13.3 Å². The van der Waals surface area contributed by atoms with Crippen molar-refractivity contribution in [3.8, 4) is 0 Å². The fraction of sp³-hybridized carbons (Fsp3) is 0.440. The lowest BCUT2D eigenvalue weighted by Crippen LogP contribution is -2.48. The molecule has 2 N–H and O–H groups in total. The standard InChI is InChI=1S/C25H33N3O6S/c1-4-5-14-33-25(30)20-6-8-21(9-7-20)26-15-24(29)27-22-10-12-23(13-11-22)35(31,32)28-16-18(2)34-19(3)17-28/h6-13,18-19,26H,4-5,14-17H2,1-3H3,(H,27,29)/t18-,19+. The molecule has 0 unspecified atom stereocenters. The van der Waals surface area contributed by atoms with Crippen LogP contribution in [0.15, 0.2) is 53.4 Å². The van der Waals surface area contributed by atoms with Gasteiger partial charge in [0, 0.05) is 24.5 Å². The van der Waals surface area contributed by atoms with E-state index in [0.717, 1.165) is 12.8 Å². The van der Waals surface area contributed by atoms with Gasteiger partial charge in [0.25, 0.3) is 0 Å². The minimum atomic E-state index is -3.64. The number of anilines is 2. The van der Waals surface area contributed by atoms with Crippen LogP contribution in [-0.2, 0) is 24.3 Å². The number of rotatable bonds is 10. The van der Waals surface area contributed by atoms with Gasteiger partial charge in [0.05, 0.1) is 35.8 Å². The predicted molar refractivity (Wildman–Crippen MR) is 134 cm³/mol. The molecule has 1 saturated heterocycles. The number of unbranched alkanes of at least 4 members (excludes halogenated alkanes) is 1. The third-order valence-electron chi connectivity index (χ3n) is 5.47. The first-order chi connectivity index (χ1) is 16.7. The van der Waals surface area contributed by atoms with Gasteiger partial charge in [0.1, 0.15) is 0 Å².